The molecule has 0 bridgehead atoms. The van der Waals surface area contributed by atoms with Crippen LogP contribution in [0.25, 0.3) is 0 Å². The van der Waals surface area contributed by atoms with Gasteiger partial charge in [-0.1, -0.05) is 37.2 Å². The van der Waals surface area contributed by atoms with Crippen molar-refractivity contribution in [3.8, 4) is 0 Å². The number of hydrogen-bond acceptors (Lipinski definition) is 4. The number of carbonyl (C=O) groups excluding carboxylic acids is 1. The molecule has 0 fully saturated rings. The van der Waals surface area contributed by atoms with E-state index in [1.54, 1.807) is 11.8 Å². The number of nitrogens with zero attached hydrogens (tertiary/aromatic N) is 3. The van der Waals surface area contributed by atoms with E-state index >= 15 is 0 Å². The van der Waals surface area contributed by atoms with Gasteiger partial charge in [-0.15, -0.1) is 0 Å². The maximum atomic E-state index is 12.4. The van der Waals surface area contributed by atoms with Gasteiger partial charge in [0.25, 0.3) is 5.91 Å². The van der Waals surface area contributed by atoms with Gasteiger partial charge in [-0.3, -0.25) is 9.89 Å². The van der Waals surface area contributed by atoms with Crippen LogP contribution >= 0.6 is 11.8 Å². The molecule has 0 saturated carbocycles. The zero-order valence-corrected chi connectivity index (χ0v) is 13.9. The van der Waals surface area contributed by atoms with E-state index in [0.717, 1.165) is 48.0 Å². The Bertz CT molecular complexity index is 568. The van der Waals surface area contributed by atoms with Crippen LogP contribution in [-0.4, -0.2) is 39.1 Å². The first-order valence-corrected chi connectivity index (χ1v) is 8.59. The van der Waals surface area contributed by atoms with Crippen molar-refractivity contribution in [2.45, 2.75) is 37.6 Å². The molecule has 6 heteroatoms. The molecule has 1 amide bonds. The summed E-state index contributed by atoms with van der Waals surface area (Å²) >= 11 is 1.59. The van der Waals surface area contributed by atoms with E-state index in [0.29, 0.717) is 0 Å². The third kappa shape index (κ3) is 4.59. The highest BCUT2D eigenvalue weighted by molar-refractivity contribution is 7.98. The van der Waals surface area contributed by atoms with Crippen molar-refractivity contribution in [3.63, 3.8) is 0 Å². The molecule has 22 heavy (non-hydrogen) atoms. The predicted octanol–water partition coefficient (Wildman–Crippen LogP) is 3.36. The van der Waals surface area contributed by atoms with Gasteiger partial charge in [0.1, 0.15) is 6.33 Å². The van der Waals surface area contributed by atoms with Crippen molar-refractivity contribution in [2.24, 2.45) is 0 Å². The Morgan fingerprint density at radius 2 is 2.05 bits per heavy atom. The molecule has 0 atom stereocenters. The van der Waals surface area contributed by atoms with E-state index in [2.05, 4.69) is 22.1 Å². The highest BCUT2D eigenvalue weighted by Crippen LogP contribution is 2.19. The van der Waals surface area contributed by atoms with E-state index in [9.17, 15) is 4.79 Å². The minimum atomic E-state index is 0.116. The Morgan fingerprint density at radius 1 is 1.27 bits per heavy atom. The third-order valence-corrected chi connectivity index (χ3v) is 4.37. The van der Waals surface area contributed by atoms with Crippen molar-refractivity contribution in [1.29, 1.82) is 0 Å². The molecule has 0 aliphatic rings. The Kier molecular flexibility index (Phi) is 6.45. The fourth-order valence-corrected chi connectivity index (χ4v) is 2.83. The zero-order valence-electron chi connectivity index (χ0n) is 13.1. The molecule has 1 N–H and O–H groups in total. The first-order chi connectivity index (χ1) is 10.7. The van der Waals surface area contributed by atoms with Crippen LogP contribution in [0.5, 0.6) is 0 Å². The van der Waals surface area contributed by atoms with Gasteiger partial charge >= 0.3 is 0 Å². The Labute approximate surface area is 135 Å². The number of nitrogens with one attached hydrogen (secondary N) is 1. The van der Waals surface area contributed by atoms with Crippen LogP contribution in [0.4, 0.5) is 0 Å². The van der Waals surface area contributed by atoms with Gasteiger partial charge in [0.2, 0.25) is 0 Å². The average molecular weight is 318 g/mol. The van der Waals surface area contributed by atoms with Crippen LogP contribution in [0.2, 0.25) is 0 Å². The number of unbranched alkanes of at least 4 members (excludes halogenated alkanes) is 1. The summed E-state index contributed by atoms with van der Waals surface area (Å²) in [5.41, 5.74) is 1.92. The molecule has 0 radical (unpaired) electrons. The molecule has 1 heterocycles. The molecule has 0 aliphatic carbocycles. The molecule has 118 valence electrons. The maximum Gasteiger partial charge on any atom is 0.253 e. The number of benzene rings is 1. The Morgan fingerprint density at radius 3 is 2.64 bits per heavy atom. The van der Waals surface area contributed by atoms with Crippen LogP contribution < -0.4 is 0 Å². The number of thioether (sulfide) groups is 1. The lowest BCUT2D eigenvalue weighted by Crippen LogP contribution is -2.31. The van der Waals surface area contributed by atoms with Crippen LogP contribution in [0.1, 0.15) is 42.6 Å². The second-order valence-corrected chi connectivity index (χ2v) is 5.98. The number of carbonyl (C=O) groups is 1. The first kappa shape index (κ1) is 16.5. The molecule has 1 aromatic heterocycles. The topological polar surface area (TPSA) is 61.9 Å². The standard InChI is InChI=1S/C16H22N4OS/c1-3-5-10-20(4-2)15(21)14-8-6-13(7-9-14)11-22-16-17-12-18-19-16/h6-9,12H,3-5,10-11H2,1-2H3,(H,17,18,19). The molecule has 0 saturated heterocycles. The summed E-state index contributed by atoms with van der Waals surface area (Å²) in [5.74, 6) is 0.919. The number of aromatic nitrogens is 3. The van der Waals surface area contributed by atoms with Crippen LogP contribution in [0.15, 0.2) is 35.7 Å². The molecule has 2 rings (SSSR count). The quantitative estimate of drug-likeness (QED) is 0.758. The number of amides is 1. The lowest BCUT2D eigenvalue weighted by Gasteiger charge is -2.20. The molecule has 2 aromatic rings. The molecular weight excluding hydrogens is 296 g/mol. The Balaban J connectivity index is 1.93. The normalized spacial score (nSPS) is 10.6. The highest BCUT2D eigenvalue weighted by atomic mass is 32.2. The van der Waals surface area contributed by atoms with Crippen LogP contribution in [0, 0.1) is 0 Å². The van der Waals surface area contributed by atoms with Crippen molar-refractivity contribution in [1.82, 2.24) is 20.1 Å². The molecular formula is C16H22N4OS. The summed E-state index contributed by atoms with van der Waals surface area (Å²) in [4.78, 5) is 18.4. The van der Waals surface area contributed by atoms with Gasteiger partial charge in [-0.25, -0.2) is 4.98 Å². The minimum Gasteiger partial charge on any atom is -0.339 e. The van der Waals surface area contributed by atoms with Crippen LogP contribution in [-0.2, 0) is 5.75 Å². The monoisotopic (exact) mass is 318 g/mol. The van der Waals surface area contributed by atoms with Gasteiger partial charge in [0.05, 0.1) is 0 Å². The third-order valence-electron chi connectivity index (χ3n) is 3.42. The van der Waals surface area contributed by atoms with Crippen molar-refractivity contribution < 1.29 is 4.79 Å². The lowest BCUT2D eigenvalue weighted by atomic mass is 10.1. The summed E-state index contributed by atoms with van der Waals surface area (Å²) in [6, 6.07) is 7.83. The van der Waals surface area contributed by atoms with Gasteiger partial charge in [-0.05, 0) is 31.0 Å². The van der Waals surface area contributed by atoms with Gasteiger partial charge in [-0.2, -0.15) is 5.10 Å². The van der Waals surface area contributed by atoms with Crippen molar-refractivity contribution >= 4 is 17.7 Å². The zero-order chi connectivity index (χ0) is 15.8. The summed E-state index contributed by atoms with van der Waals surface area (Å²) < 4.78 is 0. The average Bonchev–Trinajstić information content (AvgIpc) is 3.07. The summed E-state index contributed by atoms with van der Waals surface area (Å²) in [6.07, 6.45) is 3.65. The smallest absolute Gasteiger partial charge is 0.253 e. The molecule has 0 spiro atoms. The molecule has 1 aromatic carbocycles. The van der Waals surface area contributed by atoms with E-state index < -0.39 is 0 Å². The second kappa shape index (κ2) is 8.58. The highest BCUT2D eigenvalue weighted by Gasteiger charge is 2.13. The number of H-pyrrole nitrogens is 1. The van der Waals surface area contributed by atoms with Gasteiger partial charge < -0.3 is 4.90 Å². The van der Waals surface area contributed by atoms with E-state index in [1.165, 1.54) is 6.33 Å². The second-order valence-electron chi connectivity index (χ2n) is 5.01. The molecule has 5 nitrogen and oxygen atoms in total. The van der Waals surface area contributed by atoms with Crippen molar-refractivity contribution in [3.05, 3.63) is 41.7 Å². The van der Waals surface area contributed by atoms with E-state index in [-0.39, 0.29) is 5.91 Å². The number of aromatic amines is 1. The number of hydrogen-bond donors (Lipinski definition) is 1. The minimum absolute atomic E-state index is 0.116. The van der Waals surface area contributed by atoms with E-state index in [1.807, 2.05) is 36.1 Å². The fourth-order valence-electron chi connectivity index (χ4n) is 2.09. The summed E-state index contributed by atoms with van der Waals surface area (Å²) in [7, 11) is 0. The first-order valence-electron chi connectivity index (χ1n) is 7.61. The molecule has 0 aliphatic heterocycles. The lowest BCUT2D eigenvalue weighted by molar-refractivity contribution is 0.0762. The summed E-state index contributed by atoms with van der Waals surface area (Å²) in [5, 5.41) is 7.44. The maximum absolute atomic E-state index is 12.4. The fraction of sp³-hybridized carbons (Fsp3) is 0.438. The predicted molar refractivity (Wildman–Crippen MR) is 88.9 cm³/mol. The van der Waals surface area contributed by atoms with Gasteiger partial charge in [0.15, 0.2) is 5.16 Å². The van der Waals surface area contributed by atoms with E-state index in [4.69, 9.17) is 0 Å². The van der Waals surface area contributed by atoms with Gasteiger partial charge in [0, 0.05) is 24.4 Å². The largest absolute Gasteiger partial charge is 0.339 e. The number of rotatable bonds is 8. The molecule has 0 unspecified atom stereocenters. The summed E-state index contributed by atoms with van der Waals surface area (Å²) in [6.45, 7) is 5.74. The van der Waals surface area contributed by atoms with Crippen molar-refractivity contribution in [2.75, 3.05) is 13.1 Å². The SMILES string of the molecule is CCCCN(CC)C(=O)c1ccc(CSc2ncn[nH]2)cc1. The van der Waals surface area contributed by atoms with Crippen LogP contribution in [0.3, 0.4) is 0 Å². The Hall–Kier alpha value is -1.82.